The minimum atomic E-state index is -5.15. The minimum Gasteiger partial charge on any atom is -0.506 e. The van der Waals surface area contributed by atoms with E-state index >= 15 is 0 Å². The van der Waals surface area contributed by atoms with E-state index in [4.69, 9.17) is 4.74 Å². The average molecular weight is 363 g/mol. The second-order valence-corrected chi connectivity index (χ2v) is 5.36. The topological polar surface area (TPSA) is 58.9 Å². The Hall–Kier alpha value is -3.09. The Morgan fingerprint density at radius 1 is 1.12 bits per heavy atom. The molecule has 0 radical (unpaired) electrons. The number of aliphatic imine (C=N–C) groups is 1. The molecule has 2 rings (SSSR count). The van der Waals surface area contributed by atoms with Crippen LogP contribution in [-0.2, 0) is 4.79 Å². The number of hydrogen-bond donors (Lipinski definition) is 1. The van der Waals surface area contributed by atoms with Crippen molar-refractivity contribution < 1.29 is 27.8 Å². The van der Waals surface area contributed by atoms with Crippen molar-refractivity contribution in [1.82, 2.24) is 0 Å². The van der Waals surface area contributed by atoms with Crippen LogP contribution in [0.3, 0.4) is 0 Å². The summed E-state index contributed by atoms with van der Waals surface area (Å²) in [5, 5.41) is 10.3. The Bertz CT molecular complexity index is 853. The second-order valence-electron chi connectivity index (χ2n) is 5.36. The molecule has 0 heterocycles. The van der Waals surface area contributed by atoms with Crippen LogP contribution < -0.4 is 4.74 Å². The first kappa shape index (κ1) is 19.2. The number of aryl methyl sites for hydroxylation is 1. The number of carbonyl (C=O) groups is 1. The zero-order valence-corrected chi connectivity index (χ0v) is 14.0. The molecule has 0 aromatic heterocycles. The molecule has 0 aliphatic carbocycles. The van der Waals surface area contributed by atoms with E-state index in [-0.39, 0.29) is 5.56 Å². The molecule has 26 heavy (non-hydrogen) atoms. The lowest BCUT2D eigenvalue weighted by Gasteiger charge is -2.10. The lowest BCUT2D eigenvalue weighted by Crippen LogP contribution is -2.26. The number of benzene rings is 2. The molecule has 0 aliphatic rings. The number of rotatable bonds is 5. The standard InChI is InChI=1S/C19H16F3NO3/c1-12-5-3-4-6-16(12)23-11-15(18(25)19(20,21)22)17(24)13-7-9-14(26-2)10-8-13/h3-11,24H,1-2H3/b17-15-,23-11?. The fourth-order valence-electron chi connectivity index (χ4n) is 2.13. The van der Waals surface area contributed by atoms with Gasteiger partial charge >= 0.3 is 6.18 Å². The van der Waals surface area contributed by atoms with Crippen molar-refractivity contribution in [2.75, 3.05) is 7.11 Å². The number of aliphatic hydroxyl groups is 1. The largest absolute Gasteiger partial charge is 0.506 e. The number of Topliss-reactive ketones (excluding diaryl/α,β-unsaturated/α-hetero) is 1. The summed E-state index contributed by atoms with van der Waals surface area (Å²) in [6.07, 6.45) is -4.41. The maximum Gasteiger partial charge on any atom is 0.455 e. The highest BCUT2D eigenvalue weighted by Crippen LogP contribution is 2.27. The molecule has 0 aliphatic heterocycles. The summed E-state index contributed by atoms with van der Waals surface area (Å²) < 4.78 is 43.7. The number of para-hydroxylation sites is 1. The lowest BCUT2D eigenvalue weighted by molar-refractivity contribution is -0.165. The van der Waals surface area contributed by atoms with E-state index < -0.39 is 23.3 Å². The van der Waals surface area contributed by atoms with E-state index in [2.05, 4.69) is 4.99 Å². The Balaban J connectivity index is 2.52. The Kier molecular flexibility index (Phi) is 5.82. The molecule has 2 aromatic rings. The van der Waals surface area contributed by atoms with Crippen LogP contribution in [0.4, 0.5) is 18.9 Å². The van der Waals surface area contributed by atoms with Gasteiger partial charge < -0.3 is 9.84 Å². The van der Waals surface area contributed by atoms with Gasteiger partial charge in [0.25, 0.3) is 5.78 Å². The van der Waals surface area contributed by atoms with Gasteiger partial charge in [-0.1, -0.05) is 18.2 Å². The van der Waals surface area contributed by atoms with Crippen LogP contribution in [0.1, 0.15) is 11.1 Å². The predicted molar refractivity (Wildman–Crippen MR) is 92.9 cm³/mol. The zero-order chi connectivity index (χ0) is 19.3. The van der Waals surface area contributed by atoms with Crippen LogP contribution in [0.5, 0.6) is 5.75 Å². The van der Waals surface area contributed by atoms with E-state index in [1.165, 1.54) is 31.4 Å². The number of halogens is 3. The van der Waals surface area contributed by atoms with Crippen LogP contribution in [0, 0.1) is 6.92 Å². The Morgan fingerprint density at radius 2 is 1.73 bits per heavy atom. The van der Waals surface area contributed by atoms with Crippen LogP contribution in [0.2, 0.25) is 0 Å². The lowest BCUT2D eigenvalue weighted by atomic mass is 10.0. The van der Waals surface area contributed by atoms with Crippen LogP contribution in [0.25, 0.3) is 5.76 Å². The molecule has 0 fully saturated rings. The summed E-state index contributed by atoms with van der Waals surface area (Å²) in [6.45, 7) is 1.73. The van der Waals surface area contributed by atoms with E-state index in [9.17, 15) is 23.1 Å². The number of allylic oxidation sites excluding steroid dienone is 1. The molecule has 0 atom stereocenters. The molecule has 0 saturated heterocycles. The van der Waals surface area contributed by atoms with E-state index in [0.717, 1.165) is 6.21 Å². The summed E-state index contributed by atoms with van der Waals surface area (Å²) >= 11 is 0. The van der Waals surface area contributed by atoms with Crippen molar-refractivity contribution in [2.24, 2.45) is 4.99 Å². The van der Waals surface area contributed by atoms with Gasteiger partial charge in [0, 0.05) is 11.8 Å². The van der Waals surface area contributed by atoms with Crippen molar-refractivity contribution in [2.45, 2.75) is 13.1 Å². The first-order chi connectivity index (χ1) is 12.2. The van der Waals surface area contributed by atoms with Crippen molar-refractivity contribution in [1.29, 1.82) is 0 Å². The van der Waals surface area contributed by atoms with Gasteiger partial charge in [0.1, 0.15) is 11.5 Å². The maximum atomic E-state index is 12.9. The predicted octanol–water partition coefficient (Wildman–Crippen LogP) is 4.81. The van der Waals surface area contributed by atoms with E-state index in [1.807, 2.05) is 0 Å². The van der Waals surface area contributed by atoms with Gasteiger partial charge in [-0.2, -0.15) is 13.2 Å². The van der Waals surface area contributed by atoms with Gasteiger partial charge in [-0.25, -0.2) is 0 Å². The number of methoxy groups -OCH3 is 1. The van der Waals surface area contributed by atoms with Gasteiger partial charge in [0.15, 0.2) is 0 Å². The average Bonchev–Trinajstić information content (AvgIpc) is 2.62. The van der Waals surface area contributed by atoms with Gasteiger partial charge in [-0.3, -0.25) is 9.79 Å². The van der Waals surface area contributed by atoms with Crippen LogP contribution >= 0.6 is 0 Å². The van der Waals surface area contributed by atoms with Crippen LogP contribution in [-0.4, -0.2) is 30.4 Å². The second kappa shape index (κ2) is 7.86. The fourth-order valence-corrected chi connectivity index (χ4v) is 2.13. The summed E-state index contributed by atoms with van der Waals surface area (Å²) in [7, 11) is 1.43. The SMILES string of the molecule is COc1ccc(/C(O)=C(\C=Nc2ccccc2C)C(=O)C(F)(F)F)cc1. The Labute approximate surface area is 148 Å². The summed E-state index contributed by atoms with van der Waals surface area (Å²) in [6, 6.07) is 12.3. The van der Waals surface area contributed by atoms with Gasteiger partial charge in [0.2, 0.25) is 0 Å². The van der Waals surface area contributed by atoms with Crippen molar-refractivity contribution in [3.8, 4) is 5.75 Å². The van der Waals surface area contributed by atoms with E-state index in [1.54, 1.807) is 31.2 Å². The minimum absolute atomic E-state index is 0.0367. The first-order valence-corrected chi connectivity index (χ1v) is 7.53. The normalized spacial score (nSPS) is 12.8. The fraction of sp³-hybridized carbons (Fsp3) is 0.158. The number of carbonyl (C=O) groups excluding carboxylic acids is 1. The highest BCUT2D eigenvalue weighted by molar-refractivity contribution is 6.20. The molecule has 0 spiro atoms. The molecule has 0 amide bonds. The van der Waals surface area contributed by atoms with Crippen molar-refractivity contribution in [3.05, 3.63) is 65.2 Å². The molecule has 4 nitrogen and oxygen atoms in total. The van der Waals surface area contributed by atoms with E-state index in [0.29, 0.717) is 17.0 Å². The first-order valence-electron chi connectivity index (χ1n) is 7.53. The summed E-state index contributed by atoms with van der Waals surface area (Å²) in [5.74, 6) is -2.53. The molecule has 1 N–H and O–H groups in total. The Morgan fingerprint density at radius 3 is 2.27 bits per heavy atom. The number of nitrogens with zero attached hydrogens (tertiary/aromatic N) is 1. The highest BCUT2D eigenvalue weighted by Gasteiger charge is 2.41. The number of hydrogen-bond acceptors (Lipinski definition) is 4. The third-order valence-corrected chi connectivity index (χ3v) is 3.57. The highest BCUT2D eigenvalue weighted by atomic mass is 19.4. The number of ketones is 1. The third kappa shape index (κ3) is 4.50. The van der Waals surface area contributed by atoms with Crippen molar-refractivity contribution in [3.63, 3.8) is 0 Å². The number of alkyl halides is 3. The molecule has 0 saturated carbocycles. The number of ether oxygens (including phenoxy) is 1. The van der Waals surface area contributed by atoms with Crippen LogP contribution in [0.15, 0.2) is 59.1 Å². The molecule has 7 heteroatoms. The molecular weight excluding hydrogens is 347 g/mol. The maximum absolute atomic E-state index is 12.9. The third-order valence-electron chi connectivity index (χ3n) is 3.57. The van der Waals surface area contributed by atoms with Gasteiger partial charge in [-0.05, 0) is 42.8 Å². The number of aliphatic hydroxyl groups excluding tert-OH is 1. The quantitative estimate of drug-likeness (QED) is 0.471. The monoisotopic (exact) mass is 363 g/mol. The van der Waals surface area contributed by atoms with Gasteiger partial charge in [-0.15, -0.1) is 0 Å². The van der Waals surface area contributed by atoms with Crippen molar-refractivity contribution >= 4 is 23.4 Å². The van der Waals surface area contributed by atoms with Gasteiger partial charge in [0.05, 0.1) is 18.4 Å². The molecular formula is C19H16F3NO3. The summed E-state index contributed by atoms with van der Waals surface area (Å²) in [4.78, 5) is 15.7. The zero-order valence-electron chi connectivity index (χ0n) is 14.0. The molecule has 0 bridgehead atoms. The summed E-state index contributed by atoms with van der Waals surface area (Å²) in [5.41, 5.74) is 0.203. The molecule has 136 valence electrons. The smallest absolute Gasteiger partial charge is 0.455 e. The molecule has 2 aromatic carbocycles. The molecule has 0 unspecified atom stereocenters.